The van der Waals surface area contributed by atoms with Crippen LogP contribution in [-0.4, -0.2) is 29.1 Å². The van der Waals surface area contributed by atoms with Crippen molar-refractivity contribution < 1.29 is 4.79 Å². The van der Waals surface area contributed by atoms with E-state index in [0.29, 0.717) is 0 Å². The molecule has 3 aromatic rings. The summed E-state index contributed by atoms with van der Waals surface area (Å²) in [5.41, 5.74) is 2.95. The summed E-state index contributed by atoms with van der Waals surface area (Å²) in [6.45, 7) is 5.43. The Morgan fingerprint density at radius 3 is 3.00 bits per heavy atom. The SMILES string of the molecule is Cc1nc(Nc2cccc(N3CCCNC3=O)c2)c2c(C)csc2n1. The summed E-state index contributed by atoms with van der Waals surface area (Å²) in [4.78, 5) is 23.9. The van der Waals surface area contributed by atoms with E-state index in [4.69, 9.17) is 0 Å². The average Bonchev–Trinajstić information content (AvgIpc) is 2.96. The number of thiophene rings is 1. The maximum Gasteiger partial charge on any atom is 0.321 e. The minimum absolute atomic E-state index is 0.0441. The molecule has 1 fully saturated rings. The number of aryl methyl sites for hydroxylation is 2. The number of nitrogens with one attached hydrogen (secondary N) is 2. The van der Waals surface area contributed by atoms with Gasteiger partial charge in [-0.25, -0.2) is 14.8 Å². The second-order valence-electron chi connectivity index (χ2n) is 6.13. The molecule has 0 radical (unpaired) electrons. The van der Waals surface area contributed by atoms with Gasteiger partial charge in [-0.15, -0.1) is 11.3 Å². The zero-order valence-corrected chi connectivity index (χ0v) is 15.0. The highest BCUT2D eigenvalue weighted by Gasteiger charge is 2.19. The maximum atomic E-state index is 12.1. The molecule has 1 saturated heterocycles. The van der Waals surface area contributed by atoms with Crippen LogP contribution in [-0.2, 0) is 0 Å². The van der Waals surface area contributed by atoms with Crippen molar-refractivity contribution in [1.82, 2.24) is 15.3 Å². The van der Waals surface area contributed by atoms with Gasteiger partial charge in [0, 0.05) is 24.5 Å². The summed E-state index contributed by atoms with van der Waals surface area (Å²) in [6.07, 6.45) is 0.948. The number of benzene rings is 1. The highest BCUT2D eigenvalue weighted by atomic mass is 32.1. The largest absolute Gasteiger partial charge is 0.340 e. The molecule has 0 atom stereocenters. The van der Waals surface area contributed by atoms with Crippen LogP contribution in [0, 0.1) is 13.8 Å². The predicted molar refractivity (Wildman–Crippen MR) is 102 cm³/mol. The summed E-state index contributed by atoms with van der Waals surface area (Å²) < 4.78 is 0. The van der Waals surface area contributed by atoms with Crippen LogP contribution < -0.4 is 15.5 Å². The Morgan fingerprint density at radius 2 is 2.16 bits per heavy atom. The molecule has 6 nitrogen and oxygen atoms in total. The number of hydrogen-bond donors (Lipinski definition) is 2. The standard InChI is InChI=1S/C18H19N5OS/c1-11-10-25-17-15(11)16(20-12(2)21-17)22-13-5-3-6-14(9-13)23-8-4-7-19-18(23)24/h3,5-6,9-10H,4,7-8H2,1-2H3,(H,19,24)(H,20,21,22). The predicted octanol–water partition coefficient (Wildman–Crippen LogP) is 3.97. The van der Waals surface area contributed by atoms with Crippen molar-refractivity contribution in [3.8, 4) is 0 Å². The van der Waals surface area contributed by atoms with Crippen LogP contribution in [0.3, 0.4) is 0 Å². The molecule has 2 N–H and O–H groups in total. The first-order valence-electron chi connectivity index (χ1n) is 8.27. The minimum atomic E-state index is -0.0441. The second-order valence-corrected chi connectivity index (χ2v) is 6.99. The zero-order valence-electron chi connectivity index (χ0n) is 14.2. The van der Waals surface area contributed by atoms with Gasteiger partial charge in [-0.1, -0.05) is 6.07 Å². The van der Waals surface area contributed by atoms with E-state index < -0.39 is 0 Å². The van der Waals surface area contributed by atoms with Gasteiger partial charge in [-0.05, 0) is 49.4 Å². The van der Waals surface area contributed by atoms with Gasteiger partial charge in [-0.2, -0.15) is 0 Å². The van der Waals surface area contributed by atoms with E-state index in [9.17, 15) is 4.79 Å². The molecule has 0 saturated carbocycles. The monoisotopic (exact) mass is 353 g/mol. The molecule has 2 aromatic heterocycles. The third kappa shape index (κ3) is 3.02. The number of urea groups is 1. The van der Waals surface area contributed by atoms with E-state index >= 15 is 0 Å². The van der Waals surface area contributed by atoms with Crippen molar-refractivity contribution in [2.24, 2.45) is 0 Å². The van der Waals surface area contributed by atoms with Gasteiger partial charge in [0.15, 0.2) is 0 Å². The van der Waals surface area contributed by atoms with E-state index in [1.165, 1.54) is 0 Å². The van der Waals surface area contributed by atoms with Crippen LogP contribution in [0.5, 0.6) is 0 Å². The lowest BCUT2D eigenvalue weighted by atomic mass is 10.2. The number of fused-ring (bicyclic) bond motifs is 1. The van der Waals surface area contributed by atoms with Gasteiger partial charge in [0.25, 0.3) is 0 Å². The molecule has 0 unspecified atom stereocenters. The highest BCUT2D eigenvalue weighted by molar-refractivity contribution is 7.17. The molecule has 1 aliphatic rings. The summed E-state index contributed by atoms with van der Waals surface area (Å²) in [7, 11) is 0. The van der Waals surface area contributed by atoms with Crippen LogP contribution in [0.4, 0.5) is 22.0 Å². The quantitative estimate of drug-likeness (QED) is 0.747. The van der Waals surface area contributed by atoms with Crippen molar-refractivity contribution in [3.05, 3.63) is 41.0 Å². The normalized spacial score (nSPS) is 14.6. The Kier molecular flexibility index (Phi) is 4.01. The first-order chi connectivity index (χ1) is 12.1. The number of rotatable bonds is 3. The number of hydrogen-bond acceptors (Lipinski definition) is 5. The van der Waals surface area contributed by atoms with Crippen LogP contribution in [0.15, 0.2) is 29.6 Å². The second kappa shape index (κ2) is 6.33. The molecule has 7 heteroatoms. The van der Waals surface area contributed by atoms with Crippen molar-refractivity contribution >= 4 is 44.8 Å². The molecule has 0 bridgehead atoms. The number of nitrogens with zero attached hydrogens (tertiary/aromatic N) is 3. The van der Waals surface area contributed by atoms with Gasteiger partial charge in [0.2, 0.25) is 0 Å². The number of amides is 2. The summed E-state index contributed by atoms with van der Waals surface area (Å²) in [5.74, 6) is 1.55. The van der Waals surface area contributed by atoms with Crippen molar-refractivity contribution in [1.29, 1.82) is 0 Å². The lowest BCUT2D eigenvalue weighted by molar-refractivity contribution is 0.243. The van der Waals surface area contributed by atoms with Crippen LogP contribution in [0.25, 0.3) is 10.2 Å². The summed E-state index contributed by atoms with van der Waals surface area (Å²) in [5, 5.41) is 9.44. The van der Waals surface area contributed by atoms with E-state index in [1.54, 1.807) is 16.2 Å². The molecule has 1 aromatic carbocycles. The smallest absolute Gasteiger partial charge is 0.321 e. The zero-order chi connectivity index (χ0) is 17.4. The molecule has 4 rings (SSSR count). The Balaban J connectivity index is 1.69. The number of carbonyl (C=O) groups is 1. The maximum absolute atomic E-state index is 12.1. The Hall–Kier alpha value is -2.67. The fourth-order valence-corrected chi connectivity index (χ4v) is 4.01. The van der Waals surface area contributed by atoms with Crippen LogP contribution >= 0.6 is 11.3 Å². The van der Waals surface area contributed by atoms with Gasteiger partial charge < -0.3 is 10.6 Å². The van der Waals surface area contributed by atoms with E-state index in [0.717, 1.165) is 58.3 Å². The van der Waals surface area contributed by atoms with Gasteiger partial charge in [0.1, 0.15) is 16.5 Å². The third-order valence-electron chi connectivity index (χ3n) is 4.23. The summed E-state index contributed by atoms with van der Waals surface area (Å²) >= 11 is 1.63. The van der Waals surface area contributed by atoms with Crippen molar-refractivity contribution in [2.45, 2.75) is 20.3 Å². The van der Waals surface area contributed by atoms with Gasteiger partial charge in [0.05, 0.1) is 5.39 Å². The lowest BCUT2D eigenvalue weighted by Crippen LogP contribution is -2.46. The number of aromatic nitrogens is 2. The van der Waals surface area contributed by atoms with Crippen molar-refractivity contribution in [3.63, 3.8) is 0 Å². The summed E-state index contributed by atoms with van der Waals surface area (Å²) in [6, 6.07) is 7.82. The highest BCUT2D eigenvalue weighted by Crippen LogP contribution is 2.32. The molecule has 0 aliphatic carbocycles. The van der Waals surface area contributed by atoms with E-state index in [-0.39, 0.29) is 6.03 Å². The first kappa shape index (κ1) is 15.8. The third-order valence-corrected chi connectivity index (χ3v) is 5.22. The Morgan fingerprint density at radius 1 is 1.28 bits per heavy atom. The van der Waals surface area contributed by atoms with E-state index in [2.05, 4.69) is 32.9 Å². The van der Waals surface area contributed by atoms with Gasteiger partial charge >= 0.3 is 6.03 Å². The number of anilines is 3. The van der Waals surface area contributed by atoms with Crippen molar-refractivity contribution in [2.75, 3.05) is 23.3 Å². The minimum Gasteiger partial charge on any atom is -0.340 e. The van der Waals surface area contributed by atoms with E-state index in [1.807, 2.05) is 31.2 Å². The Bertz CT molecular complexity index is 952. The molecule has 1 aliphatic heterocycles. The fraction of sp³-hybridized carbons (Fsp3) is 0.278. The van der Waals surface area contributed by atoms with Crippen LogP contribution in [0.2, 0.25) is 0 Å². The average molecular weight is 353 g/mol. The molecule has 3 heterocycles. The molecular weight excluding hydrogens is 334 g/mol. The molecule has 25 heavy (non-hydrogen) atoms. The first-order valence-corrected chi connectivity index (χ1v) is 9.15. The molecule has 0 spiro atoms. The lowest BCUT2D eigenvalue weighted by Gasteiger charge is -2.27. The Labute approximate surface area is 149 Å². The molecule has 2 amide bonds. The molecule has 128 valence electrons. The fourth-order valence-electron chi connectivity index (χ4n) is 3.05. The topological polar surface area (TPSA) is 70.2 Å². The van der Waals surface area contributed by atoms with Crippen LogP contribution in [0.1, 0.15) is 17.8 Å². The number of carbonyl (C=O) groups excluding carboxylic acids is 1. The van der Waals surface area contributed by atoms with Gasteiger partial charge in [-0.3, -0.25) is 4.90 Å². The molecular formula is C18H19N5OS.